The van der Waals surface area contributed by atoms with Crippen LogP contribution in [0.2, 0.25) is 0 Å². The fourth-order valence-corrected chi connectivity index (χ4v) is 4.32. The molecule has 0 unspecified atom stereocenters. The van der Waals surface area contributed by atoms with Crippen LogP contribution in [0.3, 0.4) is 0 Å². The summed E-state index contributed by atoms with van der Waals surface area (Å²) in [6, 6.07) is 13.1. The van der Waals surface area contributed by atoms with E-state index in [1.807, 2.05) is 25.2 Å². The number of rotatable bonds is 3. The van der Waals surface area contributed by atoms with Gasteiger partial charge in [0.05, 0.1) is 12.5 Å². The van der Waals surface area contributed by atoms with Gasteiger partial charge in [0.2, 0.25) is 5.91 Å². The number of piperidine rings is 1. The van der Waals surface area contributed by atoms with Crippen LogP contribution in [0.4, 0.5) is 10.1 Å². The standard InChI is InChI=1S/C21H23FN2O2/c1-23-19-6-4-3-5-17(19)21(20(23)25)9-11-24(12-10-21)14-15-7-8-16(26-2)13-18(15)22/h3-8,13H,9-12,14H2,1-2H3. The summed E-state index contributed by atoms with van der Waals surface area (Å²) in [6.45, 7) is 2.11. The third-order valence-corrected chi connectivity index (χ3v) is 5.86. The Morgan fingerprint density at radius 3 is 2.58 bits per heavy atom. The number of likely N-dealkylation sites (tertiary alicyclic amines) is 1. The second-order valence-electron chi connectivity index (χ2n) is 7.20. The van der Waals surface area contributed by atoms with E-state index in [0.717, 1.165) is 37.2 Å². The SMILES string of the molecule is COc1ccc(CN2CCC3(CC2)C(=O)N(C)c2ccccc23)c(F)c1. The molecule has 0 bridgehead atoms. The minimum atomic E-state index is -0.416. The lowest BCUT2D eigenvalue weighted by Gasteiger charge is -2.38. The molecule has 2 aliphatic rings. The highest BCUT2D eigenvalue weighted by molar-refractivity contribution is 6.07. The van der Waals surface area contributed by atoms with Gasteiger partial charge in [-0.15, -0.1) is 0 Å². The average Bonchev–Trinajstić information content (AvgIpc) is 2.88. The van der Waals surface area contributed by atoms with E-state index < -0.39 is 5.41 Å². The number of amides is 1. The number of nitrogens with zero attached hydrogens (tertiary/aromatic N) is 2. The zero-order valence-corrected chi connectivity index (χ0v) is 15.2. The van der Waals surface area contributed by atoms with E-state index in [0.29, 0.717) is 17.9 Å². The number of methoxy groups -OCH3 is 1. The van der Waals surface area contributed by atoms with Crippen LogP contribution < -0.4 is 9.64 Å². The molecule has 5 heteroatoms. The Bertz CT molecular complexity index is 844. The normalized spacial score (nSPS) is 19.0. The van der Waals surface area contributed by atoms with Gasteiger partial charge in [0, 0.05) is 30.9 Å². The molecule has 0 saturated carbocycles. The molecular formula is C21H23FN2O2. The molecule has 2 heterocycles. The van der Waals surface area contributed by atoms with Crippen molar-refractivity contribution in [3.63, 3.8) is 0 Å². The monoisotopic (exact) mass is 354 g/mol. The van der Waals surface area contributed by atoms with E-state index in [-0.39, 0.29) is 11.7 Å². The molecule has 1 saturated heterocycles. The summed E-state index contributed by atoms with van der Waals surface area (Å²) in [5.41, 5.74) is 2.41. The van der Waals surface area contributed by atoms with E-state index in [4.69, 9.17) is 4.74 Å². The first-order chi connectivity index (χ1) is 12.5. The molecule has 2 aliphatic heterocycles. The highest BCUT2D eigenvalue weighted by Gasteiger charge is 2.50. The molecule has 1 spiro atoms. The van der Waals surface area contributed by atoms with Crippen molar-refractivity contribution in [3.05, 3.63) is 59.4 Å². The Hall–Kier alpha value is -2.40. The van der Waals surface area contributed by atoms with Gasteiger partial charge in [-0.25, -0.2) is 4.39 Å². The Morgan fingerprint density at radius 1 is 1.15 bits per heavy atom. The molecule has 2 aromatic rings. The lowest BCUT2D eigenvalue weighted by Crippen LogP contribution is -2.47. The quantitative estimate of drug-likeness (QED) is 0.847. The third kappa shape index (κ3) is 2.58. The summed E-state index contributed by atoms with van der Waals surface area (Å²) in [5.74, 6) is 0.473. The zero-order chi connectivity index (χ0) is 18.3. The van der Waals surface area contributed by atoms with Gasteiger partial charge in [-0.1, -0.05) is 24.3 Å². The van der Waals surface area contributed by atoms with Gasteiger partial charge in [-0.2, -0.15) is 0 Å². The summed E-state index contributed by atoms with van der Waals surface area (Å²) in [7, 11) is 3.39. The van der Waals surface area contributed by atoms with Gasteiger partial charge in [-0.3, -0.25) is 9.69 Å². The molecule has 136 valence electrons. The van der Waals surface area contributed by atoms with Crippen LogP contribution in [0.1, 0.15) is 24.0 Å². The topological polar surface area (TPSA) is 32.8 Å². The van der Waals surface area contributed by atoms with Gasteiger partial charge in [0.1, 0.15) is 11.6 Å². The molecule has 0 aliphatic carbocycles. The molecule has 2 aromatic carbocycles. The van der Waals surface area contributed by atoms with Crippen molar-refractivity contribution in [2.75, 3.05) is 32.1 Å². The highest BCUT2D eigenvalue weighted by Crippen LogP contribution is 2.47. The fourth-order valence-electron chi connectivity index (χ4n) is 4.32. The second kappa shape index (κ2) is 6.40. The van der Waals surface area contributed by atoms with Crippen LogP contribution in [0, 0.1) is 5.82 Å². The highest BCUT2D eigenvalue weighted by atomic mass is 19.1. The number of benzene rings is 2. The molecule has 0 atom stereocenters. The van der Waals surface area contributed by atoms with E-state index in [1.165, 1.54) is 13.2 Å². The van der Waals surface area contributed by atoms with Crippen molar-refractivity contribution < 1.29 is 13.9 Å². The van der Waals surface area contributed by atoms with Crippen molar-refractivity contribution >= 4 is 11.6 Å². The number of likely N-dealkylation sites (N-methyl/N-ethyl adjacent to an activating group) is 1. The van der Waals surface area contributed by atoms with Gasteiger partial charge in [-0.05, 0) is 43.6 Å². The molecular weight excluding hydrogens is 331 g/mol. The van der Waals surface area contributed by atoms with Crippen molar-refractivity contribution in [3.8, 4) is 5.75 Å². The van der Waals surface area contributed by atoms with E-state index in [2.05, 4.69) is 11.0 Å². The Kier molecular flexibility index (Phi) is 4.19. The Labute approximate surface area is 153 Å². The summed E-state index contributed by atoms with van der Waals surface area (Å²) in [5, 5.41) is 0. The number of hydrogen-bond donors (Lipinski definition) is 0. The second-order valence-corrected chi connectivity index (χ2v) is 7.20. The molecule has 26 heavy (non-hydrogen) atoms. The van der Waals surface area contributed by atoms with Gasteiger partial charge in [0.25, 0.3) is 0 Å². The van der Waals surface area contributed by atoms with Gasteiger partial charge in [0.15, 0.2) is 0 Å². The first kappa shape index (κ1) is 17.0. The van der Waals surface area contributed by atoms with Gasteiger partial charge < -0.3 is 9.64 Å². The molecule has 1 amide bonds. The van der Waals surface area contributed by atoms with Crippen molar-refractivity contribution in [1.82, 2.24) is 4.90 Å². The fraction of sp³-hybridized carbons (Fsp3) is 0.381. The largest absolute Gasteiger partial charge is 0.497 e. The van der Waals surface area contributed by atoms with Crippen LogP contribution in [-0.4, -0.2) is 38.1 Å². The summed E-state index contributed by atoms with van der Waals surface area (Å²) < 4.78 is 19.3. The lowest BCUT2D eigenvalue weighted by molar-refractivity contribution is -0.124. The van der Waals surface area contributed by atoms with Crippen molar-refractivity contribution in [2.45, 2.75) is 24.8 Å². The predicted octanol–water partition coefficient (Wildman–Crippen LogP) is 3.34. The Morgan fingerprint density at radius 2 is 1.88 bits per heavy atom. The van der Waals surface area contributed by atoms with E-state index in [9.17, 15) is 9.18 Å². The van der Waals surface area contributed by atoms with Crippen LogP contribution in [0.25, 0.3) is 0 Å². The number of para-hydroxylation sites is 1. The Balaban J connectivity index is 1.50. The summed E-state index contributed by atoms with van der Waals surface area (Å²) in [4.78, 5) is 17.0. The average molecular weight is 354 g/mol. The van der Waals surface area contributed by atoms with Gasteiger partial charge >= 0.3 is 0 Å². The third-order valence-electron chi connectivity index (χ3n) is 5.86. The number of fused-ring (bicyclic) bond motifs is 2. The summed E-state index contributed by atoms with van der Waals surface area (Å²) in [6.07, 6.45) is 1.54. The van der Waals surface area contributed by atoms with Crippen LogP contribution in [0.5, 0.6) is 5.75 Å². The number of carbonyl (C=O) groups excluding carboxylic acids is 1. The first-order valence-electron chi connectivity index (χ1n) is 8.97. The minimum Gasteiger partial charge on any atom is -0.497 e. The number of hydrogen-bond acceptors (Lipinski definition) is 3. The molecule has 0 N–H and O–H groups in total. The molecule has 4 nitrogen and oxygen atoms in total. The maximum atomic E-state index is 14.2. The lowest BCUT2D eigenvalue weighted by atomic mass is 9.73. The van der Waals surface area contributed by atoms with E-state index in [1.54, 1.807) is 17.0 Å². The van der Waals surface area contributed by atoms with E-state index >= 15 is 0 Å². The number of ether oxygens (including phenoxy) is 1. The van der Waals surface area contributed by atoms with Crippen LogP contribution in [0.15, 0.2) is 42.5 Å². The molecule has 4 rings (SSSR count). The number of carbonyl (C=O) groups is 1. The minimum absolute atomic E-state index is 0.189. The van der Waals surface area contributed by atoms with Crippen molar-refractivity contribution in [1.29, 1.82) is 0 Å². The van der Waals surface area contributed by atoms with Crippen LogP contribution in [-0.2, 0) is 16.8 Å². The molecule has 0 radical (unpaired) electrons. The maximum absolute atomic E-state index is 14.2. The maximum Gasteiger partial charge on any atom is 0.237 e. The smallest absolute Gasteiger partial charge is 0.237 e. The van der Waals surface area contributed by atoms with Crippen molar-refractivity contribution in [2.24, 2.45) is 0 Å². The number of halogens is 1. The van der Waals surface area contributed by atoms with Crippen LogP contribution >= 0.6 is 0 Å². The molecule has 0 aromatic heterocycles. The zero-order valence-electron chi connectivity index (χ0n) is 15.2. The number of anilines is 1. The summed E-state index contributed by atoms with van der Waals surface area (Å²) >= 11 is 0. The molecule has 1 fully saturated rings. The predicted molar refractivity (Wildman–Crippen MR) is 99.0 cm³/mol. The first-order valence-corrected chi connectivity index (χ1v) is 8.97.